The Balaban J connectivity index is 1.86. The summed E-state index contributed by atoms with van der Waals surface area (Å²) in [6.07, 6.45) is 6.64. The molecule has 1 heterocycles. The molecule has 2 fully saturated rings. The second-order valence-electron chi connectivity index (χ2n) is 5.54. The third-order valence-electron chi connectivity index (χ3n) is 4.36. The Labute approximate surface area is 106 Å². The summed E-state index contributed by atoms with van der Waals surface area (Å²) in [6.45, 7) is 7.05. The molecule has 0 aromatic carbocycles. The molecule has 1 saturated carbocycles. The van der Waals surface area contributed by atoms with Gasteiger partial charge in [0, 0.05) is 26.2 Å². The minimum absolute atomic E-state index is 0.709. The van der Waals surface area contributed by atoms with Gasteiger partial charge in [0.25, 0.3) is 0 Å². The maximum absolute atomic E-state index is 4.43. The molecule has 3 heteroatoms. The van der Waals surface area contributed by atoms with E-state index in [1.807, 2.05) is 7.05 Å². The van der Waals surface area contributed by atoms with Gasteiger partial charge in [-0.25, -0.2) is 0 Å². The van der Waals surface area contributed by atoms with Gasteiger partial charge in [-0.1, -0.05) is 26.7 Å². The first kappa shape index (κ1) is 12.7. The van der Waals surface area contributed by atoms with Gasteiger partial charge in [-0.05, 0) is 31.1 Å². The summed E-state index contributed by atoms with van der Waals surface area (Å²) in [6, 6.07) is 0.709. The number of hydrogen-bond acceptors (Lipinski definition) is 1. The smallest absolute Gasteiger partial charge is 0.193 e. The number of aliphatic imine (C=N–C) groups is 1. The first-order valence-electron chi connectivity index (χ1n) is 7.26. The highest BCUT2D eigenvalue weighted by Crippen LogP contribution is 2.29. The van der Waals surface area contributed by atoms with Crippen LogP contribution in [-0.4, -0.2) is 37.0 Å². The molecule has 1 atom stereocenters. The molecule has 0 aromatic heterocycles. The predicted molar refractivity (Wildman–Crippen MR) is 73.3 cm³/mol. The quantitative estimate of drug-likeness (QED) is 0.601. The highest BCUT2D eigenvalue weighted by atomic mass is 15.3. The molecule has 98 valence electrons. The third kappa shape index (κ3) is 3.14. The maximum Gasteiger partial charge on any atom is 0.193 e. The lowest BCUT2D eigenvalue weighted by molar-refractivity contribution is 0.319. The summed E-state index contributed by atoms with van der Waals surface area (Å²) >= 11 is 0. The molecule has 1 saturated heterocycles. The molecule has 0 aromatic rings. The first-order chi connectivity index (χ1) is 8.28. The summed E-state index contributed by atoms with van der Waals surface area (Å²) in [7, 11) is 1.91. The van der Waals surface area contributed by atoms with Crippen LogP contribution in [0.4, 0.5) is 0 Å². The molecule has 2 aliphatic rings. The van der Waals surface area contributed by atoms with Gasteiger partial charge in [0.2, 0.25) is 0 Å². The van der Waals surface area contributed by atoms with E-state index in [-0.39, 0.29) is 0 Å². The Bertz CT molecular complexity index is 267. The zero-order valence-electron chi connectivity index (χ0n) is 11.6. The van der Waals surface area contributed by atoms with Crippen LogP contribution in [0.2, 0.25) is 0 Å². The van der Waals surface area contributed by atoms with Crippen molar-refractivity contribution >= 4 is 5.96 Å². The van der Waals surface area contributed by atoms with Crippen LogP contribution in [-0.2, 0) is 0 Å². The van der Waals surface area contributed by atoms with Crippen molar-refractivity contribution in [3.8, 4) is 0 Å². The van der Waals surface area contributed by atoms with Crippen molar-refractivity contribution in [3.63, 3.8) is 0 Å². The maximum atomic E-state index is 4.43. The highest BCUT2D eigenvalue weighted by Gasteiger charge is 2.31. The van der Waals surface area contributed by atoms with Crippen LogP contribution < -0.4 is 5.32 Å². The van der Waals surface area contributed by atoms with Crippen LogP contribution in [0.1, 0.15) is 46.0 Å². The van der Waals surface area contributed by atoms with E-state index < -0.39 is 0 Å². The number of rotatable bonds is 4. The van der Waals surface area contributed by atoms with E-state index in [1.165, 1.54) is 45.2 Å². The van der Waals surface area contributed by atoms with Gasteiger partial charge >= 0.3 is 0 Å². The standard InChI is InChI=1S/C14H27N3/c1-4-11(5-2)12-8-9-17(10-12)14(15-3)16-13-6-7-13/h11-13H,4-10H2,1-3H3,(H,15,16). The van der Waals surface area contributed by atoms with Crippen molar-refractivity contribution in [2.24, 2.45) is 16.8 Å². The van der Waals surface area contributed by atoms with E-state index in [0.717, 1.165) is 17.8 Å². The highest BCUT2D eigenvalue weighted by molar-refractivity contribution is 5.80. The number of likely N-dealkylation sites (tertiary alicyclic amines) is 1. The molecule has 2 rings (SSSR count). The van der Waals surface area contributed by atoms with Crippen LogP contribution in [0.3, 0.4) is 0 Å². The Morgan fingerprint density at radius 2 is 2.00 bits per heavy atom. The lowest BCUT2D eigenvalue weighted by atomic mass is 9.87. The summed E-state index contributed by atoms with van der Waals surface area (Å²) in [5, 5.41) is 3.55. The summed E-state index contributed by atoms with van der Waals surface area (Å²) in [5.74, 6) is 2.92. The Kier molecular flexibility index (Phi) is 4.30. The molecule has 1 unspecified atom stereocenters. The SMILES string of the molecule is CCC(CC)C1CCN(C(=NC)NC2CC2)C1. The molecule has 1 aliphatic heterocycles. The van der Waals surface area contributed by atoms with Gasteiger partial charge in [-0.3, -0.25) is 4.99 Å². The monoisotopic (exact) mass is 237 g/mol. The molecule has 1 N–H and O–H groups in total. The van der Waals surface area contributed by atoms with Crippen molar-refractivity contribution in [2.45, 2.75) is 52.0 Å². The van der Waals surface area contributed by atoms with Crippen molar-refractivity contribution < 1.29 is 0 Å². The van der Waals surface area contributed by atoms with Gasteiger partial charge in [0.1, 0.15) is 0 Å². The van der Waals surface area contributed by atoms with E-state index >= 15 is 0 Å². The van der Waals surface area contributed by atoms with Crippen LogP contribution in [0, 0.1) is 11.8 Å². The number of nitrogens with one attached hydrogen (secondary N) is 1. The fourth-order valence-corrected chi connectivity index (χ4v) is 3.03. The molecule has 0 radical (unpaired) electrons. The summed E-state index contributed by atoms with van der Waals surface area (Å²) in [5.41, 5.74) is 0. The molecule has 0 bridgehead atoms. The van der Waals surface area contributed by atoms with E-state index in [4.69, 9.17) is 0 Å². The molecule has 17 heavy (non-hydrogen) atoms. The third-order valence-corrected chi connectivity index (χ3v) is 4.36. The number of guanidine groups is 1. The lowest BCUT2D eigenvalue weighted by Gasteiger charge is -2.24. The Hall–Kier alpha value is -0.730. The molecular formula is C14H27N3. The zero-order chi connectivity index (χ0) is 12.3. The normalized spacial score (nSPS) is 25.8. The van der Waals surface area contributed by atoms with Crippen LogP contribution >= 0.6 is 0 Å². The topological polar surface area (TPSA) is 27.6 Å². The van der Waals surface area contributed by atoms with Crippen molar-refractivity contribution in [1.29, 1.82) is 0 Å². The second-order valence-corrected chi connectivity index (χ2v) is 5.54. The van der Waals surface area contributed by atoms with Crippen LogP contribution in [0.15, 0.2) is 4.99 Å². The van der Waals surface area contributed by atoms with Gasteiger partial charge in [-0.2, -0.15) is 0 Å². The Morgan fingerprint density at radius 3 is 2.53 bits per heavy atom. The van der Waals surface area contributed by atoms with Crippen molar-refractivity contribution in [2.75, 3.05) is 20.1 Å². The molecule has 0 spiro atoms. The number of hydrogen-bond donors (Lipinski definition) is 1. The average Bonchev–Trinajstić information content (AvgIpc) is 3.05. The average molecular weight is 237 g/mol. The van der Waals surface area contributed by atoms with E-state index in [2.05, 4.69) is 29.1 Å². The van der Waals surface area contributed by atoms with Crippen molar-refractivity contribution in [1.82, 2.24) is 10.2 Å². The fourth-order valence-electron chi connectivity index (χ4n) is 3.03. The number of nitrogens with zero attached hydrogens (tertiary/aromatic N) is 2. The predicted octanol–water partition coefficient (Wildman–Crippen LogP) is 2.48. The van der Waals surface area contributed by atoms with Crippen LogP contribution in [0.5, 0.6) is 0 Å². The second kappa shape index (κ2) is 5.74. The first-order valence-corrected chi connectivity index (χ1v) is 7.26. The Morgan fingerprint density at radius 1 is 1.29 bits per heavy atom. The van der Waals surface area contributed by atoms with Gasteiger partial charge < -0.3 is 10.2 Å². The lowest BCUT2D eigenvalue weighted by Crippen LogP contribution is -2.41. The van der Waals surface area contributed by atoms with Crippen molar-refractivity contribution in [3.05, 3.63) is 0 Å². The fraction of sp³-hybridized carbons (Fsp3) is 0.929. The largest absolute Gasteiger partial charge is 0.354 e. The van der Waals surface area contributed by atoms with Gasteiger partial charge in [0.05, 0.1) is 0 Å². The van der Waals surface area contributed by atoms with E-state index in [1.54, 1.807) is 0 Å². The molecule has 0 amide bonds. The zero-order valence-corrected chi connectivity index (χ0v) is 11.6. The van der Waals surface area contributed by atoms with E-state index in [0.29, 0.717) is 6.04 Å². The molecule has 3 nitrogen and oxygen atoms in total. The molecule has 1 aliphatic carbocycles. The summed E-state index contributed by atoms with van der Waals surface area (Å²) in [4.78, 5) is 6.89. The minimum atomic E-state index is 0.709. The van der Waals surface area contributed by atoms with Gasteiger partial charge in [0.15, 0.2) is 5.96 Å². The minimum Gasteiger partial charge on any atom is -0.354 e. The van der Waals surface area contributed by atoms with E-state index in [9.17, 15) is 0 Å². The summed E-state index contributed by atoms with van der Waals surface area (Å²) < 4.78 is 0. The van der Waals surface area contributed by atoms with Gasteiger partial charge in [-0.15, -0.1) is 0 Å². The molecular weight excluding hydrogens is 210 g/mol. The van der Waals surface area contributed by atoms with Crippen LogP contribution in [0.25, 0.3) is 0 Å².